The Balaban J connectivity index is 2.95. The first kappa shape index (κ1) is 16.1. The van der Waals surface area contributed by atoms with E-state index in [1.807, 2.05) is 13.8 Å². The van der Waals surface area contributed by atoms with Gasteiger partial charge < -0.3 is 5.73 Å². The summed E-state index contributed by atoms with van der Waals surface area (Å²) in [7, 11) is 0. The molecule has 0 bridgehead atoms. The molecule has 0 aliphatic heterocycles. The lowest BCUT2D eigenvalue weighted by Crippen LogP contribution is -2.40. The summed E-state index contributed by atoms with van der Waals surface area (Å²) in [6.45, 7) is 10.1. The van der Waals surface area contributed by atoms with E-state index >= 15 is 0 Å². The molecule has 0 radical (unpaired) electrons. The van der Waals surface area contributed by atoms with Gasteiger partial charge in [-0.2, -0.15) is 0 Å². The molecule has 1 aromatic carbocycles. The van der Waals surface area contributed by atoms with E-state index in [-0.39, 0.29) is 17.3 Å². The molecule has 0 saturated heterocycles. The monoisotopic (exact) mass is 270 g/mol. The van der Waals surface area contributed by atoms with Gasteiger partial charge in [-0.3, -0.25) is 4.90 Å². The van der Waals surface area contributed by atoms with E-state index in [2.05, 4.69) is 18.7 Å². The number of hydrogen-bond donors (Lipinski definition) is 1. The second kappa shape index (κ2) is 6.44. The number of halogens is 2. The molecule has 0 fully saturated rings. The van der Waals surface area contributed by atoms with Crippen LogP contribution in [0.1, 0.15) is 39.3 Å². The molecule has 1 rings (SSSR count). The Labute approximate surface area is 114 Å². The first-order valence-corrected chi connectivity index (χ1v) is 6.70. The highest BCUT2D eigenvalue weighted by Gasteiger charge is 2.25. The standard InChI is InChI=1S/C15H24F2N2/c1-5-19(10-15(3,4)9-18)11(2)13-8-12(16)6-7-14(13)17/h6-8,11H,5,9-10,18H2,1-4H3. The van der Waals surface area contributed by atoms with E-state index in [9.17, 15) is 8.78 Å². The van der Waals surface area contributed by atoms with Crippen molar-refractivity contribution in [2.24, 2.45) is 11.1 Å². The summed E-state index contributed by atoms with van der Waals surface area (Å²) in [4.78, 5) is 2.12. The minimum Gasteiger partial charge on any atom is -0.330 e. The number of rotatable bonds is 6. The van der Waals surface area contributed by atoms with Gasteiger partial charge in [-0.25, -0.2) is 8.78 Å². The van der Waals surface area contributed by atoms with Crippen molar-refractivity contribution >= 4 is 0 Å². The lowest BCUT2D eigenvalue weighted by molar-refractivity contribution is 0.145. The largest absolute Gasteiger partial charge is 0.330 e. The Morgan fingerprint density at radius 2 is 1.95 bits per heavy atom. The second-order valence-electron chi connectivity index (χ2n) is 5.77. The van der Waals surface area contributed by atoms with Crippen molar-refractivity contribution in [2.45, 2.75) is 33.7 Å². The van der Waals surface area contributed by atoms with Gasteiger partial charge in [0.25, 0.3) is 0 Å². The van der Waals surface area contributed by atoms with Crippen LogP contribution in [-0.4, -0.2) is 24.5 Å². The molecule has 1 unspecified atom stereocenters. The Hall–Kier alpha value is -1.00. The van der Waals surface area contributed by atoms with Crippen molar-refractivity contribution in [3.63, 3.8) is 0 Å². The fourth-order valence-electron chi connectivity index (χ4n) is 2.17. The zero-order chi connectivity index (χ0) is 14.6. The molecule has 0 aromatic heterocycles. The first-order chi connectivity index (χ1) is 8.80. The van der Waals surface area contributed by atoms with Crippen molar-refractivity contribution < 1.29 is 8.78 Å². The van der Waals surface area contributed by atoms with E-state index in [1.54, 1.807) is 0 Å². The van der Waals surface area contributed by atoms with Crippen LogP contribution >= 0.6 is 0 Å². The fourth-order valence-corrected chi connectivity index (χ4v) is 2.17. The molecule has 0 heterocycles. The van der Waals surface area contributed by atoms with Crippen LogP contribution in [0.2, 0.25) is 0 Å². The van der Waals surface area contributed by atoms with Crippen molar-refractivity contribution in [1.29, 1.82) is 0 Å². The minimum atomic E-state index is -0.405. The maximum absolute atomic E-state index is 13.8. The molecule has 0 saturated carbocycles. The van der Waals surface area contributed by atoms with Crippen LogP contribution in [0.4, 0.5) is 8.78 Å². The Kier molecular flexibility index (Phi) is 5.44. The van der Waals surface area contributed by atoms with E-state index in [0.717, 1.165) is 19.2 Å². The van der Waals surface area contributed by atoms with Gasteiger partial charge in [-0.05, 0) is 43.6 Å². The SMILES string of the molecule is CCN(CC(C)(C)CN)C(C)c1cc(F)ccc1F. The van der Waals surface area contributed by atoms with Crippen molar-refractivity contribution in [3.05, 3.63) is 35.4 Å². The molecule has 108 valence electrons. The first-order valence-electron chi connectivity index (χ1n) is 6.70. The van der Waals surface area contributed by atoms with Gasteiger partial charge in [0.05, 0.1) is 0 Å². The number of hydrogen-bond acceptors (Lipinski definition) is 2. The zero-order valence-corrected chi connectivity index (χ0v) is 12.2. The zero-order valence-electron chi connectivity index (χ0n) is 12.2. The molecular formula is C15H24F2N2. The number of benzene rings is 1. The molecule has 2 N–H and O–H groups in total. The van der Waals surface area contributed by atoms with E-state index in [1.165, 1.54) is 12.1 Å². The average Bonchev–Trinajstić information content (AvgIpc) is 2.38. The van der Waals surface area contributed by atoms with E-state index in [4.69, 9.17) is 5.73 Å². The van der Waals surface area contributed by atoms with Crippen molar-refractivity contribution in [3.8, 4) is 0 Å². The van der Waals surface area contributed by atoms with Crippen molar-refractivity contribution in [2.75, 3.05) is 19.6 Å². The van der Waals surface area contributed by atoms with Crippen molar-refractivity contribution in [1.82, 2.24) is 4.90 Å². The molecule has 19 heavy (non-hydrogen) atoms. The molecule has 0 amide bonds. The Bertz CT molecular complexity index is 419. The molecule has 2 nitrogen and oxygen atoms in total. The highest BCUT2D eigenvalue weighted by Crippen LogP contribution is 2.27. The van der Waals surface area contributed by atoms with E-state index in [0.29, 0.717) is 12.1 Å². The highest BCUT2D eigenvalue weighted by molar-refractivity contribution is 5.22. The van der Waals surface area contributed by atoms with Gasteiger partial charge >= 0.3 is 0 Å². The summed E-state index contributed by atoms with van der Waals surface area (Å²) < 4.78 is 27.1. The summed E-state index contributed by atoms with van der Waals surface area (Å²) in [6.07, 6.45) is 0. The molecule has 0 spiro atoms. The third-order valence-corrected chi connectivity index (χ3v) is 3.55. The Morgan fingerprint density at radius 1 is 1.32 bits per heavy atom. The topological polar surface area (TPSA) is 29.3 Å². The third kappa shape index (κ3) is 4.25. The quantitative estimate of drug-likeness (QED) is 0.859. The van der Waals surface area contributed by atoms with Crippen LogP contribution < -0.4 is 5.73 Å². The molecule has 1 atom stereocenters. The van der Waals surface area contributed by atoms with Gasteiger partial charge in [0, 0.05) is 18.2 Å². The minimum absolute atomic E-state index is 0.0475. The third-order valence-electron chi connectivity index (χ3n) is 3.55. The molecular weight excluding hydrogens is 246 g/mol. The van der Waals surface area contributed by atoms with Crippen LogP contribution in [0, 0.1) is 17.0 Å². The van der Waals surface area contributed by atoms with Crippen LogP contribution in [0.15, 0.2) is 18.2 Å². The lowest BCUT2D eigenvalue weighted by atomic mass is 9.91. The maximum Gasteiger partial charge on any atom is 0.128 e. The molecule has 1 aromatic rings. The summed E-state index contributed by atoms with van der Waals surface area (Å²) in [5, 5.41) is 0. The van der Waals surface area contributed by atoms with Gasteiger partial charge in [-0.15, -0.1) is 0 Å². The fraction of sp³-hybridized carbons (Fsp3) is 0.600. The maximum atomic E-state index is 13.8. The highest BCUT2D eigenvalue weighted by atomic mass is 19.1. The van der Waals surface area contributed by atoms with Gasteiger partial charge in [0.1, 0.15) is 11.6 Å². The van der Waals surface area contributed by atoms with Gasteiger partial charge in [-0.1, -0.05) is 20.8 Å². The van der Waals surface area contributed by atoms with Crippen LogP contribution in [0.5, 0.6) is 0 Å². The summed E-state index contributed by atoms with van der Waals surface area (Å²) in [5.41, 5.74) is 6.09. The smallest absolute Gasteiger partial charge is 0.128 e. The van der Waals surface area contributed by atoms with Gasteiger partial charge in [0.2, 0.25) is 0 Å². The van der Waals surface area contributed by atoms with Crippen LogP contribution in [0.3, 0.4) is 0 Å². The predicted octanol–water partition coefficient (Wildman–Crippen LogP) is 3.33. The van der Waals surface area contributed by atoms with Crippen LogP contribution in [0.25, 0.3) is 0 Å². The molecule has 0 aliphatic carbocycles. The average molecular weight is 270 g/mol. The Morgan fingerprint density at radius 3 is 2.47 bits per heavy atom. The molecule has 0 aliphatic rings. The van der Waals surface area contributed by atoms with Crippen LogP contribution in [-0.2, 0) is 0 Å². The lowest BCUT2D eigenvalue weighted by Gasteiger charge is -2.35. The number of nitrogens with two attached hydrogens (primary N) is 1. The molecule has 4 heteroatoms. The summed E-state index contributed by atoms with van der Waals surface area (Å²) >= 11 is 0. The second-order valence-corrected chi connectivity index (χ2v) is 5.77. The van der Waals surface area contributed by atoms with Gasteiger partial charge in [0.15, 0.2) is 0 Å². The predicted molar refractivity (Wildman–Crippen MR) is 74.9 cm³/mol. The summed E-state index contributed by atoms with van der Waals surface area (Å²) in [6, 6.07) is 3.43. The number of nitrogens with zero attached hydrogens (tertiary/aromatic N) is 1. The van der Waals surface area contributed by atoms with E-state index < -0.39 is 5.82 Å². The summed E-state index contributed by atoms with van der Waals surface area (Å²) in [5.74, 6) is -0.768. The normalized spacial score (nSPS) is 13.9.